The number of carbonyl (C=O) groups excluding carboxylic acids is 2. The maximum atomic E-state index is 12.3. The van der Waals surface area contributed by atoms with E-state index in [1.54, 1.807) is 30.8 Å². The molecule has 0 bridgehead atoms. The Kier molecular flexibility index (Phi) is 5.11. The number of furan rings is 1. The van der Waals surface area contributed by atoms with Gasteiger partial charge in [-0.05, 0) is 32.4 Å². The van der Waals surface area contributed by atoms with Crippen LogP contribution in [-0.4, -0.2) is 40.0 Å². The minimum atomic E-state index is -0.712. The summed E-state index contributed by atoms with van der Waals surface area (Å²) >= 11 is 0. The first kappa shape index (κ1) is 18.4. The molecule has 0 aliphatic rings. The number of aryl methyl sites for hydroxylation is 2. The SMILES string of the molecule is CCOC(=O)Nc1c(C(=O)OCC)oc2cc(C)c(-c3cnn(C)c3)nc12. The standard InChI is InChI=1S/C18H20N4O5/c1-5-25-17(23)16-15(21-18(24)26-6-2)14-12(27-16)7-10(3)13(20-14)11-8-19-22(4)9-11/h7-9H,5-6H2,1-4H3,(H,21,24). The van der Waals surface area contributed by atoms with Crippen LogP contribution in [0.3, 0.4) is 0 Å². The fraction of sp³-hybridized carbons (Fsp3) is 0.333. The average molecular weight is 372 g/mol. The lowest BCUT2D eigenvalue weighted by Gasteiger charge is -2.06. The van der Waals surface area contributed by atoms with Crippen LogP contribution in [0.4, 0.5) is 10.5 Å². The van der Waals surface area contributed by atoms with E-state index in [-0.39, 0.29) is 24.7 Å². The molecule has 3 rings (SSSR count). The number of nitrogens with one attached hydrogen (secondary N) is 1. The van der Waals surface area contributed by atoms with Crippen LogP contribution in [0, 0.1) is 6.92 Å². The molecule has 3 aromatic heterocycles. The highest BCUT2D eigenvalue weighted by Gasteiger charge is 2.26. The number of aromatic nitrogens is 3. The van der Waals surface area contributed by atoms with E-state index < -0.39 is 12.1 Å². The van der Waals surface area contributed by atoms with Gasteiger partial charge in [0.2, 0.25) is 5.76 Å². The highest BCUT2D eigenvalue weighted by atomic mass is 16.6. The maximum Gasteiger partial charge on any atom is 0.411 e. The number of amides is 1. The summed E-state index contributed by atoms with van der Waals surface area (Å²) in [6, 6.07) is 1.75. The number of hydrogen-bond donors (Lipinski definition) is 1. The maximum absolute atomic E-state index is 12.3. The topological polar surface area (TPSA) is 108 Å². The third kappa shape index (κ3) is 3.62. The molecule has 0 aromatic carbocycles. The Labute approximate surface area is 155 Å². The second kappa shape index (κ2) is 7.48. The van der Waals surface area contributed by atoms with Crippen LogP contribution in [0.15, 0.2) is 22.9 Å². The average Bonchev–Trinajstić information content (AvgIpc) is 3.18. The van der Waals surface area contributed by atoms with Crippen LogP contribution in [0.1, 0.15) is 30.0 Å². The zero-order valence-corrected chi connectivity index (χ0v) is 15.5. The van der Waals surface area contributed by atoms with Crippen molar-refractivity contribution in [2.45, 2.75) is 20.8 Å². The molecule has 1 amide bonds. The zero-order chi connectivity index (χ0) is 19.6. The Bertz CT molecular complexity index is 1000. The number of pyridine rings is 1. The van der Waals surface area contributed by atoms with Crippen molar-refractivity contribution in [2.75, 3.05) is 18.5 Å². The molecule has 0 atom stereocenters. The number of ether oxygens (including phenoxy) is 2. The predicted octanol–water partition coefficient (Wildman–Crippen LogP) is 3.28. The smallest absolute Gasteiger partial charge is 0.411 e. The molecule has 0 fully saturated rings. The molecule has 0 unspecified atom stereocenters. The summed E-state index contributed by atoms with van der Waals surface area (Å²) in [6.45, 7) is 5.59. The Hall–Kier alpha value is -3.36. The van der Waals surface area contributed by atoms with Crippen LogP contribution < -0.4 is 5.32 Å². The lowest BCUT2D eigenvalue weighted by Crippen LogP contribution is -2.16. The van der Waals surface area contributed by atoms with Crippen molar-refractivity contribution >= 4 is 28.8 Å². The van der Waals surface area contributed by atoms with Crippen molar-refractivity contribution in [3.63, 3.8) is 0 Å². The minimum Gasteiger partial charge on any atom is -0.460 e. The number of hydrogen-bond acceptors (Lipinski definition) is 7. The van der Waals surface area contributed by atoms with E-state index in [1.807, 2.05) is 20.2 Å². The molecule has 0 spiro atoms. The highest BCUT2D eigenvalue weighted by Crippen LogP contribution is 2.34. The number of rotatable bonds is 5. The van der Waals surface area contributed by atoms with Crippen LogP contribution in [0.25, 0.3) is 22.4 Å². The van der Waals surface area contributed by atoms with Gasteiger partial charge in [0.1, 0.15) is 11.2 Å². The summed E-state index contributed by atoms with van der Waals surface area (Å²) in [5.74, 6) is -0.821. The third-order valence-electron chi connectivity index (χ3n) is 3.80. The lowest BCUT2D eigenvalue weighted by molar-refractivity contribution is 0.0494. The quantitative estimate of drug-likeness (QED) is 0.685. The third-order valence-corrected chi connectivity index (χ3v) is 3.80. The summed E-state index contributed by atoms with van der Waals surface area (Å²) in [4.78, 5) is 28.8. The molecule has 0 saturated heterocycles. The lowest BCUT2D eigenvalue weighted by atomic mass is 10.1. The van der Waals surface area contributed by atoms with E-state index in [2.05, 4.69) is 15.4 Å². The number of anilines is 1. The van der Waals surface area contributed by atoms with E-state index >= 15 is 0 Å². The summed E-state index contributed by atoms with van der Waals surface area (Å²) in [5.41, 5.74) is 3.11. The molecule has 3 heterocycles. The van der Waals surface area contributed by atoms with E-state index in [4.69, 9.17) is 13.9 Å². The summed E-state index contributed by atoms with van der Waals surface area (Å²) in [6.07, 6.45) is 2.80. The molecular formula is C18H20N4O5. The summed E-state index contributed by atoms with van der Waals surface area (Å²) in [5, 5.41) is 6.69. The van der Waals surface area contributed by atoms with Gasteiger partial charge < -0.3 is 13.9 Å². The highest BCUT2D eigenvalue weighted by molar-refractivity contribution is 6.07. The Morgan fingerprint density at radius 3 is 2.63 bits per heavy atom. The molecule has 0 aliphatic heterocycles. The van der Waals surface area contributed by atoms with E-state index in [9.17, 15) is 9.59 Å². The molecule has 27 heavy (non-hydrogen) atoms. The normalized spacial score (nSPS) is 10.8. The first-order chi connectivity index (χ1) is 12.9. The molecule has 0 aliphatic carbocycles. The van der Waals surface area contributed by atoms with Crippen molar-refractivity contribution in [1.29, 1.82) is 0 Å². The van der Waals surface area contributed by atoms with Gasteiger partial charge in [-0.25, -0.2) is 14.6 Å². The second-order valence-electron chi connectivity index (χ2n) is 5.78. The van der Waals surface area contributed by atoms with Gasteiger partial charge in [-0.3, -0.25) is 10.00 Å². The Morgan fingerprint density at radius 2 is 2.00 bits per heavy atom. The van der Waals surface area contributed by atoms with Gasteiger partial charge in [0, 0.05) is 18.8 Å². The van der Waals surface area contributed by atoms with Gasteiger partial charge in [0.15, 0.2) is 5.58 Å². The number of carbonyl (C=O) groups is 2. The predicted molar refractivity (Wildman–Crippen MR) is 97.5 cm³/mol. The molecule has 9 heteroatoms. The fourth-order valence-electron chi connectivity index (χ4n) is 2.68. The van der Waals surface area contributed by atoms with Gasteiger partial charge in [-0.2, -0.15) is 5.10 Å². The van der Waals surface area contributed by atoms with Crippen molar-refractivity contribution in [3.05, 3.63) is 29.8 Å². The number of esters is 1. The van der Waals surface area contributed by atoms with E-state index in [0.717, 1.165) is 11.1 Å². The molecule has 9 nitrogen and oxygen atoms in total. The van der Waals surface area contributed by atoms with Crippen LogP contribution in [0.2, 0.25) is 0 Å². The molecular weight excluding hydrogens is 352 g/mol. The minimum absolute atomic E-state index is 0.118. The van der Waals surface area contributed by atoms with E-state index in [0.29, 0.717) is 16.8 Å². The van der Waals surface area contributed by atoms with Crippen molar-refractivity contribution in [2.24, 2.45) is 7.05 Å². The van der Waals surface area contributed by atoms with Gasteiger partial charge in [-0.15, -0.1) is 0 Å². The zero-order valence-electron chi connectivity index (χ0n) is 15.5. The molecule has 0 saturated carbocycles. The monoisotopic (exact) mass is 372 g/mol. The van der Waals surface area contributed by atoms with Gasteiger partial charge >= 0.3 is 12.1 Å². The fourth-order valence-corrected chi connectivity index (χ4v) is 2.68. The first-order valence-electron chi connectivity index (χ1n) is 8.48. The summed E-state index contributed by atoms with van der Waals surface area (Å²) in [7, 11) is 1.81. The van der Waals surface area contributed by atoms with Gasteiger partial charge in [0.25, 0.3) is 0 Å². The van der Waals surface area contributed by atoms with E-state index in [1.165, 1.54) is 0 Å². The Morgan fingerprint density at radius 1 is 1.26 bits per heavy atom. The molecule has 1 N–H and O–H groups in total. The number of fused-ring (bicyclic) bond motifs is 1. The van der Waals surface area contributed by atoms with Crippen LogP contribution in [-0.2, 0) is 16.5 Å². The molecule has 3 aromatic rings. The van der Waals surface area contributed by atoms with Crippen molar-refractivity contribution in [1.82, 2.24) is 14.8 Å². The van der Waals surface area contributed by atoms with Crippen LogP contribution >= 0.6 is 0 Å². The molecule has 0 radical (unpaired) electrons. The Balaban J connectivity index is 2.17. The van der Waals surface area contributed by atoms with Gasteiger partial charge in [0.05, 0.1) is 25.1 Å². The molecule has 142 valence electrons. The van der Waals surface area contributed by atoms with Crippen LogP contribution in [0.5, 0.6) is 0 Å². The van der Waals surface area contributed by atoms with Crippen molar-refractivity contribution < 1.29 is 23.5 Å². The van der Waals surface area contributed by atoms with Gasteiger partial charge in [-0.1, -0.05) is 0 Å². The second-order valence-corrected chi connectivity index (χ2v) is 5.78. The largest absolute Gasteiger partial charge is 0.460 e. The van der Waals surface area contributed by atoms with Crippen molar-refractivity contribution in [3.8, 4) is 11.3 Å². The summed E-state index contributed by atoms with van der Waals surface area (Å²) < 4.78 is 17.2. The number of nitrogens with zero attached hydrogens (tertiary/aromatic N) is 3. The first-order valence-corrected chi connectivity index (χ1v) is 8.48.